The minimum Gasteiger partial charge on any atom is -0.481 e. The minimum absolute atomic E-state index is 0.112. The predicted molar refractivity (Wildman–Crippen MR) is 83.9 cm³/mol. The summed E-state index contributed by atoms with van der Waals surface area (Å²) in [5.41, 5.74) is 0.730. The summed E-state index contributed by atoms with van der Waals surface area (Å²) >= 11 is 0. The van der Waals surface area contributed by atoms with E-state index in [0.29, 0.717) is 36.0 Å². The third kappa shape index (κ3) is 3.16. The molecule has 2 heterocycles. The van der Waals surface area contributed by atoms with Crippen LogP contribution in [0.25, 0.3) is 0 Å². The zero-order chi connectivity index (χ0) is 16.2. The van der Waals surface area contributed by atoms with Crippen molar-refractivity contribution >= 4 is 11.5 Å². The van der Waals surface area contributed by atoms with Crippen LogP contribution in [-0.2, 0) is 0 Å². The molecule has 0 spiro atoms. The highest BCUT2D eigenvalue weighted by molar-refractivity contribution is 5.61. The summed E-state index contributed by atoms with van der Waals surface area (Å²) in [6, 6.07) is 8.45. The summed E-state index contributed by atoms with van der Waals surface area (Å²) in [5.74, 6) is 0.782. The monoisotopic (exact) mass is 313 g/mol. The molecule has 0 radical (unpaired) electrons. The number of halogens is 1. The van der Waals surface area contributed by atoms with E-state index >= 15 is 0 Å². The molecule has 118 valence electrons. The third-order valence-electron chi connectivity index (χ3n) is 3.81. The molecule has 1 aromatic carbocycles. The molecule has 6 nitrogen and oxygen atoms in total. The van der Waals surface area contributed by atoms with Crippen molar-refractivity contribution in [2.24, 2.45) is 0 Å². The first-order valence-corrected chi connectivity index (χ1v) is 7.27. The molecular formula is C16H16FN5O. The normalized spacial score (nSPS) is 16.9. The maximum atomic E-state index is 14.1. The number of methoxy groups -OCH3 is 1. The lowest BCUT2D eigenvalue weighted by Gasteiger charge is -2.21. The van der Waals surface area contributed by atoms with E-state index in [9.17, 15) is 9.65 Å². The van der Waals surface area contributed by atoms with Gasteiger partial charge in [-0.05, 0) is 18.6 Å². The van der Waals surface area contributed by atoms with Gasteiger partial charge in [0.15, 0.2) is 0 Å². The molecule has 1 fully saturated rings. The molecule has 1 saturated heterocycles. The summed E-state index contributed by atoms with van der Waals surface area (Å²) in [6.45, 7) is 1.28. The number of nitriles is 1. The Hall–Kier alpha value is -2.88. The van der Waals surface area contributed by atoms with Gasteiger partial charge >= 0.3 is 0 Å². The third-order valence-corrected chi connectivity index (χ3v) is 3.81. The molecule has 0 aliphatic carbocycles. The number of hydrogen-bond acceptors (Lipinski definition) is 6. The maximum absolute atomic E-state index is 14.1. The first-order valence-electron chi connectivity index (χ1n) is 7.27. The van der Waals surface area contributed by atoms with Crippen molar-refractivity contribution in [3.05, 3.63) is 42.0 Å². The van der Waals surface area contributed by atoms with Crippen LogP contribution in [0.3, 0.4) is 0 Å². The van der Waals surface area contributed by atoms with Gasteiger partial charge in [0.25, 0.3) is 0 Å². The highest BCUT2D eigenvalue weighted by Gasteiger charge is 2.26. The first-order chi connectivity index (χ1) is 11.2. The highest BCUT2D eigenvalue weighted by Crippen LogP contribution is 2.28. The van der Waals surface area contributed by atoms with Gasteiger partial charge < -0.3 is 15.0 Å². The lowest BCUT2D eigenvalue weighted by Crippen LogP contribution is -2.27. The lowest BCUT2D eigenvalue weighted by molar-refractivity contribution is 0.397. The zero-order valence-electron chi connectivity index (χ0n) is 12.7. The number of rotatable bonds is 4. The van der Waals surface area contributed by atoms with Crippen LogP contribution in [0.1, 0.15) is 12.0 Å². The number of anilines is 2. The van der Waals surface area contributed by atoms with Gasteiger partial charge in [-0.3, -0.25) is 0 Å². The number of nitrogens with zero attached hydrogens (tertiary/aromatic N) is 4. The predicted octanol–water partition coefficient (Wildman–Crippen LogP) is 2.19. The molecule has 23 heavy (non-hydrogen) atoms. The summed E-state index contributed by atoms with van der Waals surface area (Å²) in [4.78, 5) is 10.0. The van der Waals surface area contributed by atoms with E-state index in [4.69, 9.17) is 4.74 Å². The van der Waals surface area contributed by atoms with E-state index in [2.05, 4.69) is 21.4 Å². The van der Waals surface area contributed by atoms with Crippen LogP contribution >= 0.6 is 0 Å². The Kier molecular flexibility index (Phi) is 4.24. The summed E-state index contributed by atoms with van der Waals surface area (Å²) in [5, 5.41) is 12.5. The van der Waals surface area contributed by atoms with Gasteiger partial charge in [0.2, 0.25) is 5.88 Å². The summed E-state index contributed by atoms with van der Waals surface area (Å²) < 4.78 is 19.2. The van der Waals surface area contributed by atoms with Gasteiger partial charge in [-0.15, -0.1) is 0 Å². The quantitative estimate of drug-likeness (QED) is 0.932. The standard InChI is InChI=1S/C16H16FN5O/c1-23-15-7-14(19-10-20-15)21-12-5-6-22(9-12)16-11(8-18)3-2-4-13(16)17/h2-4,7,10,12H,5-6,9H2,1H3,(H,19,20,21). The molecule has 1 N–H and O–H groups in total. The minimum atomic E-state index is -0.367. The molecule has 0 amide bonds. The second-order valence-corrected chi connectivity index (χ2v) is 5.27. The van der Waals surface area contributed by atoms with Crippen LogP contribution in [0.2, 0.25) is 0 Å². The van der Waals surface area contributed by atoms with E-state index in [1.807, 2.05) is 4.90 Å². The Bertz CT molecular complexity index is 745. The number of aromatic nitrogens is 2. The van der Waals surface area contributed by atoms with Gasteiger partial charge in [-0.1, -0.05) is 6.07 Å². The topological polar surface area (TPSA) is 74.1 Å². The molecule has 2 aromatic rings. The van der Waals surface area contributed by atoms with E-state index in [0.717, 1.165) is 6.42 Å². The largest absolute Gasteiger partial charge is 0.481 e. The fourth-order valence-electron chi connectivity index (χ4n) is 2.75. The molecule has 3 rings (SSSR count). The van der Waals surface area contributed by atoms with Crippen molar-refractivity contribution in [1.29, 1.82) is 5.26 Å². The number of hydrogen-bond donors (Lipinski definition) is 1. The van der Waals surface area contributed by atoms with Crippen molar-refractivity contribution in [1.82, 2.24) is 9.97 Å². The summed E-state index contributed by atoms with van der Waals surface area (Å²) in [6.07, 6.45) is 2.25. The smallest absolute Gasteiger partial charge is 0.218 e. The van der Waals surface area contributed by atoms with Crippen LogP contribution in [-0.4, -0.2) is 36.2 Å². The van der Waals surface area contributed by atoms with Crippen LogP contribution in [0.15, 0.2) is 30.6 Å². The average Bonchev–Trinajstić information content (AvgIpc) is 3.02. The van der Waals surface area contributed by atoms with E-state index in [1.165, 1.54) is 12.4 Å². The highest BCUT2D eigenvalue weighted by atomic mass is 19.1. The molecule has 1 unspecified atom stereocenters. The average molecular weight is 313 g/mol. The van der Waals surface area contributed by atoms with Crippen LogP contribution in [0, 0.1) is 17.1 Å². The van der Waals surface area contributed by atoms with Crippen LogP contribution in [0.4, 0.5) is 15.9 Å². The molecule has 1 aromatic heterocycles. The van der Waals surface area contributed by atoms with E-state index in [1.54, 1.807) is 25.3 Å². The Balaban J connectivity index is 1.73. The SMILES string of the molecule is COc1cc(NC2CCN(c3c(F)cccc3C#N)C2)ncn1. The Morgan fingerprint density at radius 2 is 2.30 bits per heavy atom. The lowest BCUT2D eigenvalue weighted by atomic mass is 10.1. The van der Waals surface area contributed by atoms with E-state index in [-0.39, 0.29) is 11.9 Å². The van der Waals surface area contributed by atoms with E-state index < -0.39 is 0 Å². The van der Waals surface area contributed by atoms with Gasteiger partial charge in [0.05, 0.1) is 18.4 Å². The number of para-hydroxylation sites is 1. The summed E-state index contributed by atoms with van der Waals surface area (Å²) in [7, 11) is 1.55. The second-order valence-electron chi connectivity index (χ2n) is 5.27. The molecule has 1 aliphatic rings. The Morgan fingerprint density at radius 3 is 3.09 bits per heavy atom. The fraction of sp³-hybridized carbons (Fsp3) is 0.312. The molecule has 0 saturated carbocycles. The van der Waals surface area contributed by atoms with Gasteiger partial charge in [0.1, 0.15) is 24.0 Å². The molecule has 1 aliphatic heterocycles. The first kappa shape index (κ1) is 15.0. The van der Waals surface area contributed by atoms with Gasteiger partial charge in [0, 0.05) is 25.2 Å². The van der Waals surface area contributed by atoms with Gasteiger partial charge in [-0.25, -0.2) is 14.4 Å². The Labute approximate surface area is 133 Å². The maximum Gasteiger partial charge on any atom is 0.218 e. The molecular weight excluding hydrogens is 297 g/mol. The van der Waals surface area contributed by atoms with Crippen molar-refractivity contribution < 1.29 is 9.13 Å². The Morgan fingerprint density at radius 1 is 1.43 bits per heavy atom. The molecule has 0 bridgehead atoms. The van der Waals surface area contributed by atoms with Crippen LogP contribution in [0.5, 0.6) is 5.88 Å². The number of benzene rings is 1. The zero-order valence-corrected chi connectivity index (χ0v) is 12.7. The molecule has 7 heteroatoms. The molecule has 1 atom stereocenters. The van der Waals surface area contributed by atoms with Crippen LogP contribution < -0.4 is 15.0 Å². The van der Waals surface area contributed by atoms with Crippen molar-refractivity contribution in [3.63, 3.8) is 0 Å². The fourth-order valence-corrected chi connectivity index (χ4v) is 2.75. The van der Waals surface area contributed by atoms with Gasteiger partial charge in [-0.2, -0.15) is 5.26 Å². The number of ether oxygens (including phenoxy) is 1. The van der Waals surface area contributed by atoms with Crippen molar-refractivity contribution in [2.45, 2.75) is 12.5 Å². The number of nitrogens with one attached hydrogen (secondary N) is 1. The second kappa shape index (κ2) is 6.48. The van der Waals surface area contributed by atoms with Crippen molar-refractivity contribution in [2.75, 3.05) is 30.4 Å². The van der Waals surface area contributed by atoms with Crippen molar-refractivity contribution in [3.8, 4) is 11.9 Å².